The van der Waals surface area contributed by atoms with Crippen LogP contribution >= 0.6 is 23.4 Å². The van der Waals surface area contributed by atoms with E-state index in [0.29, 0.717) is 20.5 Å². The Morgan fingerprint density at radius 1 is 0.878 bits per heavy atom. The quantitative estimate of drug-likeness (QED) is 0.188. The number of hydrogen-bond donors (Lipinski definition) is 1. The molecule has 202 valence electrons. The average molecular weight is 577 g/mol. The standard InChI is InChI=1S/C34H25ClN2O3S/c35-31-18-24(22-9-2-1-3-10-22)17-25(32(31)41-33-23(20-38)11-8-16-36-33)19-37-34(39)40-21-30-28-14-6-4-12-26(28)27-13-5-7-15-29(27)30/h1-18,20,30H,19,21H2,(H,37,39). The summed E-state index contributed by atoms with van der Waals surface area (Å²) in [5.41, 5.74) is 7.84. The summed E-state index contributed by atoms with van der Waals surface area (Å²) < 4.78 is 5.75. The Labute approximate surface area is 247 Å². The lowest BCUT2D eigenvalue weighted by Crippen LogP contribution is -2.26. The fourth-order valence-corrected chi connectivity index (χ4v) is 6.50. The van der Waals surface area contributed by atoms with Gasteiger partial charge < -0.3 is 10.1 Å². The lowest BCUT2D eigenvalue weighted by atomic mass is 9.98. The first-order chi connectivity index (χ1) is 20.1. The maximum atomic E-state index is 13.0. The second-order valence-corrected chi connectivity index (χ2v) is 11.0. The summed E-state index contributed by atoms with van der Waals surface area (Å²) in [4.78, 5) is 29.7. The Balaban J connectivity index is 1.23. The first-order valence-electron chi connectivity index (χ1n) is 13.2. The molecule has 6 rings (SSSR count). The number of aromatic nitrogens is 1. The van der Waals surface area contributed by atoms with E-state index in [1.54, 1.807) is 18.3 Å². The van der Waals surface area contributed by atoms with E-state index in [0.717, 1.165) is 34.1 Å². The van der Waals surface area contributed by atoms with E-state index in [1.807, 2.05) is 66.7 Å². The number of aldehydes is 1. The van der Waals surface area contributed by atoms with Gasteiger partial charge >= 0.3 is 6.09 Å². The monoisotopic (exact) mass is 576 g/mol. The Morgan fingerprint density at radius 2 is 1.56 bits per heavy atom. The summed E-state index contributed by atoms with van der Waals surface area (Å²) in [6, 6.07) is 33.7. The summed E-state index contributed by atoms with van der Waals surface area (Å²) in [6.07, 6.45) is 1.89. The number of rotatable bonds is 8. The van der Waals surface area contributed by atoms with E-state index in [4.69, 9.17) is 16.3 Å². The molecular formula is C34H25ClN2O3S. The number of nitrogens with one attached hydrogen (secondary N) is 1. The maximum absolute atomic E-state index is 13.0. The molecule has 0 fully saturated rings. The molecule has 0 saturated heterocycles. The molecule has 0 saturated carbocycles. The van der Waals surface area contributed by atoms with Crippen molar-refractivity contribution >= 4 is 35.7 Å². The molecule has 1 aliphatic carbocycles. The van der Waals surface area contributed by atoms with Crippen LogP contribution in [0, 0.1) is 0 Å². The summed E-state index contributed by atoms with van der Waals surface area (Å²) in [5.74, 6) is -0.0268. The van der Waals surface area contributed by atoms with Crippen molar-refractivity contribution in [3.63, 3.8) is 0 Å². The van der Waals surface area contributed by atoms with Gasteiger partial charge in [0.2, 0.25) is 0 Å². The highest BCUT2D eigenvalue weighted by Gasteiger charge is 2.29. The molecule has 7 heteroatoms. The molecular weight excluding hydrogens is 552 g/mol. The highest BCUT2D eigenvalue weighted by Crippen LogP contribution is 2.44. The second kappa shape index (κ2) is 12.0. The van der Waals surface area contributed by atoms with Gasteiger partial charge in [-0.05, 0) is 63.2 Å². The molecule has 0 spiro atoms. The number of nitrogens with zero attached hydrogens (tertiary/aromatic N) is 1. The number of fused-ring (bicyclic) bond motifs is 3. The third-order valence-corrected chi connectivity index (χ3v) is 8.75. The van der Waals surface area contributed by atoms with Gasteiger partial charge in [0.15, 0.2) is 6.29 Å². The van der Waals surface area contributed by atoms with Crippen molar-refractivity contribution in [1.82, 2.24) is 10.3 Å². The Bertz CT molecular complexity index is 1700. The second-order valence-electron chi connectivity index (χ2n) is 9.61. The third kappa shape index (κ3) is 5.62. The van der Waals surface area contributed by atoms with Crippen LogP contribution in [0.2, 0.25) is 5.02 Å². The molecule has 0 atom stereocenters. The Morgan fingerprint density at radius 3 is 2.27 bits per heavy atom. The van der Waals surface area contributed by atoms with Crippen molar-refractivity contribution in [3.05, 3.63) is 137 Å². The van der Waals surface area contributed by atoms with Crippen molar-refractivity contribution in [3.8, 4) is 22.3 Å². The number of alkyl carbamates (subject to hydrolysis) is 1. The number of carbonyl (C=O) groups excluding carboxylic acids is 2. The summed E-state index contributed by atoms with van der Waals surface area (Å²) in [7, 11) is 0. The average Bonchev–Trinajstić information content (AvgIpc) is 3.34. The third-order valence-electron chi connectivity index (χ3n) is 7.12. The summed E-state index contributed by atoms with van der Waals surface area (Å²) in [5, 5.41) is 3.95. The first-order valence-corrected chi connectivity index (χ1v) is 14.4. The minimum Gasteiger partial charge on any atom is -0.449 e. The zero-order chi connectivity index (χ0) is 28.2. The van der Waals surface area contributed by atoms with E-state index in [1.165, 1.54) is 22.9 Å². The lowest BCUT2D eigenvalue weighted by molar-refractivity contribution is 0.112. The zero-order valence-electron chi connectivity index (χ0n) is 21.9. The van der Waals surface area contributed by atoms with E-state index >= 15 is 0 Å². The van der Waals surface area contributed by atoms with E-state index < -0.39 is 6.09 Å². The van der Waals surface area contributed by atoms with Gasteiger partial charge in [0.05, 0.1) is 5.02 Å². The molecule has 1 aromatic heterocycles. The molecule has 1 amide bonds. The number of ether oxygens (including phenoxy) is 1. The minimum absolute atomic E-state index is 0.0268. The van der Waals surface area contributed by atoms with Gasteiger partial charge in [-0.2, -0.15) is 0 Å². The number of carbonyl (C=O) groups is 2. The highest BCUT2D eigenvalue weighted by molar-refractivity contribution is 7.99. The van der Waals surface area contributed by atoms with Crippen LogP contribution in [0.15, 0.2) is 119 Å². The van der Waals surface area contributed by atoms with Crippen LogP contribution < -0.4 is 5.32 Å². The van der Waals surface area contributed by atoms with Crippen molar-refractivity contribution in [2.24, 2.45) is 0 Å². The lowest BCUT2D eigenvalue weighted by Gasteiger charge is -2.17. The van der Waals surface area contributed by atoms with Gasteiger partial charge in [-0.15, -0.1) is 0 Å². The first kappa shape index (κ1) is 26.8. The number of amides is 1. The summed E-state index contributed by atoms with van der Waals surface area (Å²) >= 11 is 8.11. The molecule has 1 heterocycles. The molecule has 1 aliphatic rings. The smallest absolute Gasteiger partial charge is 0.407 e. The fraction of sp³-hybridized carbons (Fsp3) is 0.0882. The number of halogens is 1. The summed E-state index contributed by atoms with van der Waals surface area (Å²) in [6.45, 7) is 0.408. The molecule has 5 aromatic rings. The van der Waals surface area contributed by atoms with Gasteiger partial charge in [-0.3, -0.25) is 4.79 Å². The fourth-order valence-electron chi connectivity index (χ4n) is 5.18. The molecule has 0 unspecified atom stereocenters. The van der Waals surface area contributed by atoms with Crippen molar-refractivity contribution in [2.45, 2.75) is 22.4 Å². The van der Waals surface area contributed by atoms with Gasteiger partial charge in [0, 0.05) is 29.1 Å². The largest absolute Gasteiger partial charge is 0.449 e. The van der Waals surface area contributed by atoms with Crippen LogP contribution in [0.4, 0.5) is 4.79 Å². The van der Waals surface area contributed by atoms with Crippen LogP contribution in [-0.4, -0.2) is 24.0 Å². The molecule has 41 heavy (non-hydrogen) atoms. The zero-order valence-corrected chi connectivity index (χ0v) is 23.5. The molecule has 0 radical (unpaired) electrons. The number of pyridine rings is 1. The maximum Gasteiger partial charge on any atom is 0.407 e. The van der Waals surface area contributed by atoms with Crippen LogP contribution in [0.1, 0.15) is 33.0 Å². The van der Waals surface area contributed by atoms with Crippen LogP contribution in [0.25, 0.3) is 22.3 Å². The molecule has 0 aliphatic heterocycles. The predicted octanol–water partition coefficient (Wildman–Crippen LogP) is 8.40. The number of benzene rings is 4. The van der Waals surface area contributed by atoms with Crippen LogP contribution in [-0.2, 0) is 11.3 Å². The van der Waals surface area contributed by atoms with Gasteiger partial charge in [-0.1, -0.05) is 102 Å². The predicted molar refractivity (Wildman–Crippen MR) is 163 cm³/mol. The van der Waals surface area contributed by atoms with Crippen molar-refractivity contribution < 1.29 is 14.3 Å². The highest BCUT2D eigenvalue weighted by atomic mass is 35.5. The van der Waals surface area contributed by atoms with E-state index in [2.05, 4.69) is 34.6 Å². The molecule has 0 bridgehead atoms. The van der Waals surface area contributed by atoms with Crippen LogP contribution in [0.3, 0.4) is 0 Å². The number of hydrogen-bond acceptors (Lipinski definition) is 5. The Hall–Kier alpha value is -4.39. The topological polar surface area (TPSA) is 68.3 Å². The van der Waals surface area contributed by atoms with Gasteiger partial charge in [0.25, 0.3) is 0 Å². The van der Waals surface area contributed by atoms with Crippen molar-refractivity contribution in [2.75, 3.05) is 6.61 Å². The molecule has 5 nitrogen and oxygen atoms in total. The van der Waals surface area contributed by atoms with Gasteiger partial charge in [-0.25, -0.2) is 9.78 Å². The molecule has 4 aromatic carbocycles. The molecule has 1 N–H and O–H groups in total. The Kier molecular flexibility index (Phi) is 7.85. The SMILES string of the molecule is O=Cc1cccnc1Sc1c(Cl)cc(-c2ccccc2)cc1CNC(=O)OCC1c2ccccc2-c2ccccc21. The van der Waals surface area contributed by atoms with Gasteiger partial charge in [0.1, 0.15) is 11.6 Å². The van der Waals surface area contributed by atoms with E-state index in [-0.39, 0.29) is 19.1 Å². The normalized spacial score (nSPS) is 11.9. The van der Waals surface area contributed by atoms with E-state index in [9.17, 15) is 9.59 Å². The minimum atomic E-state index is -0.518. The van der Waals surface area contributed by atoms with Crippen molar-refractivity contribution in [1.29, 1.82) is 0 Å². The van der Waals surface area contributed by atoms with Crippen LogP contribution in [0.5, 0.6) is 0 Å².